The van der Waals surface area contributed by atoms with E-state index in [1.165, 1.54) is 18.2 Å². The van der Waals surface area contributed by atoms with Crippen LogP contribution < -0.4 is 4.74 Å². The van der Waals surface area contributed by atoms with E-state index >= 15 is 0 Å². The molecule has 3 rings (SSSR count). The first-order valence-electron chi connectivity index (χ1n) is 6.86. The third-order valence-electron chi connectivity index (χ3n) is 4.13. The van der Waals surface area contributed by atoms with E-state index in [0.717, 1.165) is 11.1 Å². The molecule has 0 heterocycles. The van der Waals surface area contributed by atoms with E-state index in [1.807, 2.05) is 18.2 Å². The van der Waals surface area contributed by atoms with Gasteiger partial charge in [0.15, 0.2) is 0 Å². The van der Waals surface area contributed by atoms with Gasteiger partial charge in [-0.25, -0.2) is 8.78 Å². The minimum absolute atomic E-state index is 0.178. The minimum atomic E-state index is -1.52. The summed E-state index contributed by atoms with van der Waals surface area (Å²) in [5.41, 5.74) is 0.191. The van der Waals surface area contributed by atoms with Crippen LogP contribution in [0.15, 0.2) is 36.4 Å². The molecule has 0 aromatic heterocycles. The molecule has 21 heavy (non-hydrogen) atoms. The largest absolute Gasteiger partial charge is 0.497 e. The summed E-state index contributed by atoms with van der Waals surface area (Å²) in [7, 11) is 1.56. The predicted molar refractivity (Wildman–Crippen MR) is 75.3 cm³/mol. The summed E-state index contributed by atoms with van der Waals surface area (Å²) >= 11 is 0. The number of methoxy groups -OCH3 is 1. The van der Waals surface area contributed by atoms with E-state index in [9.17, 15) is 13.9 Å². The number of benzene rings is 2. The van der Waals surface area contributed by atoms with Gasteiger partial charge in [-0.15, -0.1) is 0 Å². The molecule has 0 saturated heterocycles. The molecular weight excluding hydrogens is 274 g/mol. The van der Waals surface area contributed by atoms with Crippen LogP contribution in [0.25, 0.3) is 0 Å². The molecule has 2 nitrogen and oxygen atoms in total. The zero-order valence-electron chi connectivity index (χ0n) is 11.7. The Morgan fingerprint density at radius 2 is 1.81 bits per heavy atom. The fraction of sp³-hybridized carbons (Fsp3) is 0.294. The molecule has 0 saturated carbocycles. The van der Waals surface area contributed by atoms with Gasteiger partial charge in [-0.05, 0) is 48.2 Å². The van der Waals surface area contributed by atoms with Gasteiger partial charge in [-0.3, -0.25) is 0 Å². The fourth-order valence-electron chi connectivity index (χ4n) is 3.04. The van der Waals surface area contributed by atoms with Crippen LogP contribution in [0.1, 0.15) is 23.1 Å². The van der Waals surface area contributed by atoms with Gasteiger partial charge in [0.2, 0.25) is 0 Å². The van der Waals surface area contributed by atoms with E-state index in [4.69, 9.17) is 4.74 Å². The Morgan fingerprint density at radius 3 is 2.48 bits per heavy atom. The summed E-state index contributed by atoms with van der Waals surface area (Å²) in [5.74, 6) is -0.736. The first kappa shape index (κ1) is 14.0. The maximum atomic E-state index is 14.0. The van der Waals surface area contributed by atoms with Gasteiger partial charge in [0.1, 0.15) is 17.4 Å². The van der Waals surface area contributed by atoms with E-state index in [-0.39, 0.29) is 12.0 Å². The average molecular weight is 290 g/mol. The Balaban J connectivity index is 2.04. The van der Waals surface area contributed by atoms with Crippen molar-refractivity contribution in [3.8, 4) is 5.75 Å². The lowest BCUT2D eigenvalue weighted by molar-refractivity contribution is 0.0152. The minimum Gasteiger partial charge on any atom is -0.497 e. The van der Waals surface area contributed by atoms with Gasteiger partial charge in [-0.1, -0.05) is 12.1 Å². The van der Waals surface area contributed by atoms with E-state index in [2.05, 4.69) is 0 Å². The molecule has 4 heteroatoms. The maximum Gasteiger partial charge on any atom is 0.132 e. The lowest BCUT2D eigenvalue weighted by Crippen LogP contribution is -2.35. The van der Waals surface area contributed by atoms with E-state index in [0.29, 0.717) is 18.6 Å². The monoisotopic (exact) mass is 290 g/mol. The first-order valence-corrected chi connectivity index (χ1v) is 6.86. The second-order valence-corrected chi connectivity index (χ2v) is 5.44. The molecule has 1 aliphatic rings. The number of aryl methyl sites for hydroxylation is 1. The number of fused-ring (bicyclic) bond motifs is 1. The van der Waals surface area contributed by atoms with Crippen LogP contribution in [0.4, 0.5) is 8.78 Å². The van der Waals surface area contributed by atoms with Crippen LogP contribution in [0.2, 0.25) is 0 Å². The second-order valence-electron chi connectivity index (χ2n) is 5.44. The summed E-state index contributed by atoms with van der Waals surface area (Å²) in [6.45, 7) is 0. The smallest absolute Gasteiger partial charge is 0.132 e. The fourth-order valence-corrected chi connectivity index (χ4v) is 3.04. The number of hydrogen-bond donors (Lipinski definition) is 1. The highest BCUT2D eigenvalue weighted by atomic mass is 19.1. The van der Waals surface area contributed by atoms with Crippen LogP contribution in [-0.4, -0.2) is 12.2 Å². The molecule has 0 bridgehead atoms. The number of aliphatic hydroxyl groups is 1. The van der Waals surface area contributed by atoms with Gasteiger partial charge < -0.3 is 9.84 Å². The second kappa shape index (κ2) is 5.11. The highest BCUT2D eigenvalue weighted by Gasteiger charge is 2.38. The van der Waals surface area contributed by atoms with Crippen LogP contribution in [0, 0.1) is 11.6 Å². The molecule has 1 unspecified atom stereocenters. The van der Waals surface area contributed by atoms with Crippen molar-refractivity contribution in [3.05, 3.63) is 64.7 Å². The van der Waals surface area contributed by atoms with Crippen molar-refractivity contribution in [1.82, 2.24) is 0 Å². The summed E-state index contributed by atoms with van der Waals surface area (Å²) in [5, 5.41) is 10.8. The van der Waals surface area contributed by atoms with Crippen LogP contribution >= 0.6 is 0 Å². The molecule has 0 fully saturated rings. The molecule has 2 aromatic carbocycles. The van der Waals surface area contributed by atoms with Crippen molar-refractivity contribution in [1.29, 1.82) is 0 Å². The molecule has 0 spiro atoms. The number of halogens is 2. The van der Waals surface area contributed by atoms with Crippen molar-refractivity contribution in [3.63, 3.8) is 0 Å². The summed E-state index contributed by atoms with van der Waals surface area (Å²) in [4.78, 5) is 0. The zero-order chi connectivity index (χ0) is 15.0. The van der Waals surface area contributed by atoms with Crippen molar-refractivity contribution in [2.45, 2.75) is 24.9 Å². The van der Waals surface area contributed by atoms with E-state index in [1.54, 1.807) is 7.11 Å². The third-order valence-corrected chi connectivity index (χ3v) is 4.13. The third kappa shape index (κ3) is 2.40. The molecule has 0 radical (unpaired) electrons. The zero-order valence-corrected chi connectivity index (χ0v) is 11.7. The lowest BCUT2D eigenvalue weighted by atomic mass is 9.76. The van der Waals surface area contributed by atoms with Crippen molar-refractivity contribution in [2.24, 2.45) is 0 Å². The topological polar surface area (TPSA) is 29.5 Å². The van der Waals surface area contributed by atoms with Crippen LogP contribution in [-0.2, 0) is 18.4 Å². The molecule has 2 aromatic rings. The molecule has 0 aliphatic heterocycles. The van der Waals surface area contributed by atoms with Gasteiger partial charge in [0.25, 0.3) is 0 Å². The number of hydrogen-bond acceptors (Lipinski definition) is 2. The van der Waals surface area contributed by atoms with Gasteiger partial charge >= 0.3 is 0 Å². The highest BCUT2D eigenvalue weighted by molar-refractivity contribution is 5.41. The molecule has 0 amide bonds. The van der Waals surface area contributed by atoms with Gasteiger partial charge in [0, 0.05) is 6.42 Å². The van der Waals surface area contributed by atoms with Crippen molar-refractivity contribution in [2.75, 3.05) is 7.11 Å². The maximum absolute atomic E-state index is 14.0. The van der Waals surface area contributed by atoms with Crippen LogP contribution in [0.3, 0.4) is 0 Å². The molecule has 1 atom stereocenters. The molecule has 1 N–H and O–H groups in total. The number of ether oxygens (including phenoxy) is 1. The quantitative estimate of drug-likeness (QED) is 0.919. The average Bonchev–Trinajstić information content (AvgIpc) is 2.46. The van der Waals surface area contributed by atoms with Gasteiger partial charge in [-0.2, -0.15) is 0 Å². The predicted octanol–water partition coefficient (Wildman–Crippen LogP) is 3.35. The molecular formula is C17H16F2O2. The SMILES string of the molecule is COc1ccc2c(c1)CC(O)(c1c(F)cccc1F)CC2. The lowest BCUT2D eigenvalue weighted by Gasteiger charge is -2.34. The Bertz CT molecular complexity index is 664. The Hall–Kier alpha value is -1.94. The van der Waals surface area contributed by atoms with Crippen molar-refractivity contribution >= 4 is 0 Å². The summed E-state index contributed by atoms with van der Waals surface area (Å²) in [6.07, 6.45) is 1.05. The molecule has 1 aliphatic carbocycles. The highest BCUT2D eigenvalue weighted by Crippen LogP contribution is 2.39. The summed E-state index contributed by atoms with van der Waals surface area (Å²) < 4.78 is 33.1. The standard InChI is InChI=1S/C17H16F2O2/c1-21-13-6-5-11-7-8-17(20,10-12(11)9-13)16-14(18)3-2-4-15(16)19/h2-6,9,20H,7-8,10H2,1H3. The Kier molecular flexibility index (Phi) is 3.41. The van der Waals surface area contributed by atoms with Gasteiger partial charge in [0.05, 0.1) is 18.3 Å². The van der Waals surface area contributed by atoms with E-state index < -0.39 is 17.2 Å². The number of rotatable bonds is 2. The Morgan fingerprint density at radius 1 is 1.10 bits per heavy atom. The normalized spacial score (nSPS) is 21.0. The first-order chi connectivity index (χ1) is 10.0. The molecule has 110 valence electrons. The Labute approximate surface area is 122 Å². The van der Waals surface area contributed by atoms with Crippen LogP contribution in [0.5, 0.6) is 5.75 Å². The summed E-state index contributed by atoms with van der Waals surface area (Å²) in [6, 6.07) is 9.27. The van der Waals surface area contributed by atoms with Crippen molar-refractivity contribution < 1.29 is 18.6 Å².